The Morgan fingerprint density at radius 2 is 1.85 bits per heavy atom. The van der Waals surface area contributed by atoms with Gasteiger partial charge in [-0.15, -0.1) is 5.10 Å². The normalized spacial score (nSPS) is 9.85. The molecule has 0 fully saturated rings. The topological polar surface area (TPSA) is 53.0 Å². The first kappa shape index (κ1) is 7.73. The fourth-order valence-corrected chi connectivity index (χ4v) is 1.21. The third-order valence-electron chi connectivity index (χ3n) is 1.82. The summed E-state index contributed by atoms with van der Waals surface area (Å²) in [5, 5.41) is 6.57. The molecule has 0 radical (unpaired) electrons. The number of rotatable bonds is 1. The third kappa shape index (κ3) is 1.64. The van der Waals surface area contributed by atoms with Gasteiger partial charge < -0.3 is 5.73 Å². The minimum atomic E-state index is 0.501. The summed E-state index contributed by atoms with van der Waals surface area (Å²) in [6.45, 7) is 0. The van der Waals surface area contributed by atoms with E-state index in [1.807, 2.05) is 42.6 Å². The standard InChI is InChI=1S/C10H9N3/c11-10-6-9(7-12-13-10)8-4-2-1-3-5-8/h1-7H,(H2,11,13)/p+1. The number of aromatic amines is 1. The van der Waals surface area contributed by atoms with E-state index >= 15 is 0 Å². The van der Waals surface area contributed by atoms with Gasteiger partial charge in [0.2, 0.25) is 6.20 Å². The molecule has 0 aliphatic carbocycles. The van der Waals surface area contributed by atoms with Crippen molar-refractivity contribution >= 4 is 5.82 Å². The first-order valence-corrected chi connectivity index (χ1v) is 4.05. The minimum Gasteiger partial charge on any atom is -0.379 e. The molecular formula is C10H10N3+. The maximum atomic E-state index is 5.55. The number of anilines is 1. The molecule has 13 heavy (non-hydrogen) atoms. The quantitative estimate of drug-likeness (QED) is 0.701. The fraction of sp³-hybridized carbons (Fsp3) is 0. The lowest BCUT2D eigenvalue weighted by atomic mass is 10.1. The van der Waals surface area contributed by atoms with E-state index in [2.05, 4.69) is 10.2 Å². The Kier molecular flexibility index (Phi) is 1.92. The summed E-state index contributed by atoms with van der Waals surface area (Å²) >= 11 is 0. The molecule has 2 aromatic rings. The van der Waals surface area contributed by atoms with Crippen molar-refractivity contribution in [2.45, 2.75) is 0 Å². The molecule has 0 unspecified atom stereocenters. The SMILES string of the molecule is Nc1cc(-c2ccccc2)c[nH+]n1. The molecule has 0 amide bonds. The lowest BCUT2D eigenvalue weighted by molar-refractivity contribution is -0.452. The Balaban J connectivity index is 2.48. The van der Waals surface area contributed by atoms with E-state index in [-0.39, 0.29) is 0 Å². The molecule has 1 aromatic heterocycles. The molecule has 3 heteroatoms. The van der Waals surface area contributed by atoms with Crippen LogP contribution in [0.4, 0.5) is 5.82 Å². The summed E-state index contributed by atoms with van der Waals surface area (Å²) in [5.41, 5.74) is 7.74. The molecule has 1 heterocycles. The van der Waals surface area contributed by atoms with E-state index in [0.29, 0.717) is 5.82 Å². The number of nitrogen functional groups attached to an aromatic ring is 1. The number of hydrogen-bond acceptors (Lipinski definition) is 2. The fourth-order valence-electron chi connectivity index (χ4n) is 1.21. The molecular weight excluding hydrogens is 162 g/mol. The molecule has 0 saturated heterocycles. The van der Waals surface area contributed by atoms with Crippen LogP contribution < -0.4 is 10.8 Å². The van der Waals surface area contributed by atoms with E-state index in [4.69, 9.17) is 5.73 Å². The van der Waals surface area contributed by atoms with E-state index in [0.717, 1.165) is 11.1 Å². The number of nitrogens with two attached hydrogens (primary N) is 1. The van der Waals surface area contributed by atoms with Gasteiger partial charge in [-0.05, 0) is 5.56 Å². The molecule has 0 saturated carbocycles. The van der Waals surface area contributed by atoms with Crippen LogP contribution in [0.15, 0.2) is 42.6 Å². The van der Waals surface area contributed by atoms with Gasteiger partial charge in [0, 0.05) is 11.2 Å². The lowest BCUT2D eigenvalue weighted by Crippen LogP contribution is -2.10. The van der Waals surface area contributed by atoms with Gasteiger partial charge in [0.05, 0.1) is 5.56 Å². The van der Waals surface area contributed by atoms with Gasteiger partial charge in [-0.1, -0.05) is 30.3 Å². The van der Waals surface area contributed by atoms with Gasteiger partial charge in [0.1, 0.15) is 0 Å². The van der Waals surface area contributed by atoms with Crippen LogP contribution in [0.3, 0.4) is 0 Å². The summed E-state index contributed by atoms with van der Waals surface area (Å²) < 4.78 is 0. The predicted octanol–water partition coefficient (Wildman–Crippen LogP) is 1.14. The number of H-pyrrole nitrogens is 1. The van der Waals surface area contributed by atoms with E-state index < -0.39 is 0 Å². The third-order valence-corrected chi connectivity index (χ3v) is 1.82. The van der Waals surface area contributed by atoms with Crippen LogP contribution in [-0.2, 0) is 0 Å². The zero-order chi connectivity index (χ0) is 9.10. The van der Waals surface area contributed by atoms with Crippen LogP contribution >= 0.6 is 0 Å². The van der Waals surface area contributed by atoms with Crippen LogP contribution in [-0.4, -0.2) is 5.10 Å². The predicted molar refractivity (Wildman–Crippen MR) is 50.6 cm³/mol. The number of benzene rings is 1. The van der Waals surface area contributed by atoms with Crippen molar-refractivity contribution in [2.24, 2.45) is 0 Å². The van der Waals surface area contributed by atoms with Crippen molar-refractivity contribution in [3.05, 3.63) is 42.6 Å². The zero-order valence-corrected chi connectivity index (χ0v) is 7.07. The minimum absolute atomic E-state index is 0.501. The van der Waals surface area contributed by atoms with Gasteiger partial charge in [-0.25, -0.2) is 0 Å². The van der Waals surface area contributed by atoms with Gasteiger partial charge in [0.25, 0.3) is 0 Å². The van der Waals surface area contributed by atoms with Gasteiger partial charge in [-0.3, -0.25) is 0 Å². The van der Waals surface area contributed by atoms with Gasteiger partial charge in [-0.2, -0.15) is 0 Å². The Labute approximate surface area is 76.2 Å². The Morgan fingerprint density at radius 1 is 1.08 bits per heavy atom. The molecule has 2 rings (SSSR count). The number of aromatic nitrogens is 2. The zero-order valence-electron chi connectivity index (χ0n) is 7.07. The van der Waals surface area contributed by atoms with Crippen LogP contribution in [0.25, 0.3) is 11.1 Å². The van der Waals surface area contributed by atoms with Crippen LogP contribution in [0.2, 0.25) is 0 Å². The summed E-state index contributed by atoms with van der Waals surface area (Å²) in [4.78, 5) is 0. The second-order valence-electron chi connectivity index (χ2n) is 2.78. The number of nitrogens with one attached hydrogen (secondary N) is 1. The Morgan fingerprint density at radius 3 is 2.54 bits per heavy atom. The second-order valence-corrected chi connectivity index (χ2v) is 2.78. The van der Waals surface area contributed by atoms with Crippen molar-refractivity contribution < 1.29 is 5.10 Å². The summed E-state index contributed by atoms with van der Waals surface area (Å²) in [7, 11) is 0. The maximum absolute atomic E-state index is 5.55. The monoisotopic (exact) mass is 172 g/mol. The molecule has 0 bridgehead atoms. The van der Waals surface area contributed by atoms with Crippen molar-refractivity contribution in [1.29, 1.82) is 0 Å². The van der Waals surface area contributed by atoms with Crippen molar-refractivity contribution in [2.75, 3.05) is 5.73 Å². The molecule has 0 aliphatic rings. The highest BCUT2D eigenvalue weighted by atomic mass is 15.1. The van der Waals surface area contributed by atoms with E-state index in [9.17, 15) is 0 Å². The van der Waals surface area contributed by atoms with E-state index in [1.54, 1.807) is 0 Å². The van der Waals surface area contributed by atoms with Crippen molar-refractivity contribution in [3.63, 3.8) is 0 Å². The van der Waals surface area contributed by atoms with Gasteiger partial charge in [0.15, 0.2) is 5.82 Å². The van der Waals surface area contributed by atoms with Crippen LogP contribution in [0.1, 0.15) is 0 Å². The summed E-state index contributed by atoms with van der Waals surface area (Å²) in [6.07, 6.45) is 1.83. The molecule has 3 N–H and O–H groups in total. The van der Waals surface area contributed by atoms with Crippen LogP contribution in [0, 0.1) is 0 Å². The summed E-state index contributed by atoms with van der Waals surface area (Å²) in [6, 6.07) is 11.9. The highest BCUT2D eigenvalue weighted by Crippen LogP contribution is 2.17. The second kappa shape index (κ2) is 3.23. The van der Waals surface area contributed by atoms with E-state index in [1.165, 1.54) is 0 Å². The first-order valence-electron chi connectivity index (χ1n) is 4.05. The Bertz CT molecular complexity index is 398. The lowest BCUT2D eigenvalue weighted by Gasteiger charge is -1.96. The van der Waals surface area contributed by atoms with Crippen LogP contribution in [0.5, 0.6) is 0 Å². The summed E-state index contributed by atoms with van der Waals surface area (Å²) in [5.74, 6) is 0.501. The molecule has 1 aromatic carbocycles. The molecule has 0 aliphatic heterocycles. The first-order chi connectivity index (χ1) is 6.36. The number of hydrogen-bond donors (Lipinski definition) is 1. The average molecular weight is 172 g/mol. The highest BCUT2D eigenvalue weighted by Gasteiger charge is 2.00. The van der Waals surface area contributed by atoms with Crippen molar-refractivity contribution in [1.82, 2.24) is 5.10 Å². The molecule has 0 atom stereocenters. The number of nitrogens with zero attached hydrogens (tertiary/aromatic N) is 1. The van der Waals surface area contributed by atoms with Crippen molar-refractivity contribution in [3.8, 4) is 11.1 Å². The molecule has 64 valence electrons. The Hall–Kier alpha value is -1.90. The maximum Gasteiger partial charge on any atom is 0.201 e. The highest BCUT2D eigenvalue weighted by molar-refractivity contribution is 5.63. The average Bonchev–Trinajstić information content (AvgIpc) is 2.19. The molecule has 3 nitrogen and oxygen atoms in total. The molecule has 0 spiro atoms. The smallest absolute Gasteiger partial charge is 0.201 e. The van der Waals surface area contributed by atoms with Gasteiger partial charge >= 0.3 is 0 Å². The largest absolute Gasteiger partial charge is 0.379 e.